The molecule has 0 aliphatic heterocycles. The van der Waals surface area contributed by atoms with E-state index < -0.39 is 11.4 Å². The van der Waals surface area contributed by atoms with Gasteiger partial charge in [0.25, 0.3) is 0 Å². The van der Waals surface area contributed by atoms with Crippen LogP contribution in [-0.2, 0) is 4.79 Å². The van der Waals surface area contributed by atoms with Gasteiger partial charge in [-0.2, -0.15) is 0 Å². The van der Waals surface area contributed by atoms with Crippen LogP contribution in [0.25, 0.3) is 33.2 Å². The fraction of sp³-hybridized carbons (Fsp3) is 0.0455. The fourth-order valence-corrected chi connectivity index (χ4v) is 3.98. The van der Waals surface area contributed by atoms with Gasteiger partial charge in [0.2, 0.25) is 0 Å². The maximum atomic E-state index is 11.9. The lowest BCUT2D eigenvalue weighted by molar-refractivity contribution is -0.141. The maximum absolute atomic E-state index is 11.9. The van der Waals surface area contributed by atoms with Crippen molar-refractivity contribution in [3.8, 4) is 0 Å². The Morgan fingerprint density at radius 2 is 1.71 bits per heavy atom. The summed E-state index contributed by atoms with van der Waals surface area (Å²) in [5.74, 6) is -0.831. The first-order valence-corrected chi connectivity index (χ1v) is 7.98. The molecule has 0 fully saturated rings. The molecule has 1 atom stereocenters. The highest BCUT2D eigenvalue weighted by atomic mass is 16.4. The van der Waals surface area contributed by atoms with E-state index in [0.717, 1.165) is 22.1 Å². The quantitative estimate of drug-likeness (QED) is 0.639. The molecule has 0 bridgehead atoms. The zero-order valence-corrected chi connectivity index (χ0v) is 12.9. The molecule has 24 heavy (non-hydrogen) atoms. The standard InChI is InChI=1S/C22H14O2/c23-21(24)22-12-3-6-20(22)19-10-9-16-15-5-2-1-4-14(15)7-8-17(16)18(19)11-13-22/h1-13H,(H,23,24). The largest absolute Gasteiger partial charge is 0.480 e. The SMILES string of the molecule is O=C(O)C12C=CC=C1c1ccc3c(ccc4ccccc43)c1C=C2. The van der Waals surface area contributed by atoms with Crippen LogP contribution in [0.2, 0.25) is 0 Å². The number of carboxylic acid groups (broad SMARTS) is 1. The van der Waals surface area contributed by atoms with Crippen molar-refractivity contribution in [3.63, 3.8) is 0 Å². The molecule has 0 saturated heterocycles. The van der Waals surface area contributed by atoms with Crippen molar-refractivity contribution in [2.45, 2.75) is 0 Å². The predicted octanol–water partition coefficient (Wildman–Crippen LogP) is 5.04. The van der Waals surface area contributed by atoms with Crippen molar-refractivity contribution in [1.29, 1.82) is 0 Å². The molecule has 0 aromatic heterocycles. The van der Waals surface area contributed by atoms with Crippen molar-refractivity contribution in [2.24, 2.45) is 5.41 Å². The van der Waals surface area contributed by atoms with Crippen LogP contribution in [0.1, 0.15) is 11.1 Å². The second kappa shape index (κ2) is 4.45. The number of fused-ring (bicyclic) bond motifs is 7. The summed E-state index contributed by atoms with van der Waals surface area (Å²) in [5, 5.41) is 14.5. The van der Waals surface area contributed by atoms with E-state index in [9.17, 15) is 9.90 Å². The minimum absolute atomic E-state index is 0.831. The van der Waals surface area contributed by atoms with Crippen molar-refractivity contribution >= 4 is 39.2 Å². The lowest BCUT2D eigenvalue weighted by Gasteiger charge is -2.28. The summed E-state index contributed by atoms with van der Waals surface area (Å²) in [6.45, 7) is 0. The summed E-state index contributed by atoms with van der Waals surface area (Å²) >= 11 is 0. The zero-order chi connectivity index (χ0) is 16.3. The first-order valence-electron chi connectivity index (χ1n) is 7.98. The molecule has 2 heteroatoms. The summed E-state index contributed by atoms with van der Waals surface area (Å²) < 4.78 is 0. The van der Waals surface area contributed by atoms with Crippen molar-refractivity contribution in [1.82, 2.24) is 0 Å². The Kier molecular flexibility index (Phi) is 2.47. The molecule has 5 rings (SSSR count). The Balaban J connectivity index is 1.86. The number of rotatable bonds is 1. The van der Waals surface area contributed by atoms with Gasteiger partial charge in [0.05, 0.1) is 0 Å². The first-order chi connectivity index (χ1) is 11.7. The highest BCUT2D eigenvalue weighted by molar-refractivity contribution is 6.13. The number of allylic oxidation sites excluding steroid dienone is 2. The third-order valence-electron chi connectivity index (χ3n) is 5.19. The number of benzene rings is 3. The molecule has 114 valence electrons. The Labute approximate surface area is 139 Å². The van der Waals surface area contributed by atoms with E-state index in [1.165, 1.54) is 16.2 Å². The molecule has 2 aliphatic carbocycles. The zero-order valence-electron chi connectivity index (χ0n) is 12.9. The van der Waals surface area contributed by atoms with Crippen LogP contribution in [0, 0.1) is 5.41 Å². The van der Waals surface area contributed by atoms with E-state index in [-0.39, 0.29) is 0 Å². The van der Waals surface area contributed by atoms with E-state index >= 15 is 0 Å². The molecule has 0 amide bonds. The summed E-state index contributed by atoms with van der Waals surface area (Å²) in [6, 6.07) is 16.8. The molecule has 0 radical (unpaired) electrons. The Bertz CT molecular complexity index is 1130. The average molecular weight is 310 g/mol. The summed E-state index contributed by atoms with van der Waals surface area (Å²) in [4.78, 5) is 11.9. The third kappa shape index (κ3) is 1.52. The van der Waals surface area contributed by atoms with Gasteiger partial charge in [0.1, 0.15) is 5.41 Å². The van der Waals surface area contributed by atoms with E-state index in [4.69, 9.17) is 0 Å². The molecule has 3 aromatic rings. The number of carboxylic acids is 1. The van der Waals surface area contributed by atoms with E-state index in [2.05, 4.69) is 42.5 Å². The summed E-state index contributed by atoms with van der Waals surface area (Å²) in [5.41, 5.74) is 1.94. The number of hydrogen-bond donors (Lipinski definition) is 1. The minimum atomic E-state index is -1.02. The molecule has 3 aromatic carbocycles. The van der Waals surface area contributed by atoms with Gasteiger partial charge in [0.15, 0.2) is 0 Å². The third-order valence-corrected chi connectivity index (χ3v) is 5.19. The van der Waals surface area contributed by atoms with Gasteiger partial charge in [0, 0.05) is 0 Å². The highest BCUT2D eigenvalue weighted by Crippen LogP contribution is 2.48. The molecule has 2 nitrogen and oxygen atoms in total. The Hall–Kier alpha value is -3.13. The molecule has 0 saturated carbocycles. The van der Waals surface area contributed by atoms with Crippen molar-refractivity contribution in [2.75, 3.05) is 0 Å². The highest BCUT2D eigenvalue weighted by Gasteiger charge is 2.42. The van der Waals surface area contributed by atoms with E-state index in [1.54, 1.807) is 6.08 Å². The van der Waals surface area contributed by atoms with Crippen LogP contribution in [0.5, 0.6) is 0 Å². The average Bonchev–Trinajstić information content (AvgIpc) is 3.07. The monoisotopic (exact) mass is 310 g/mol. The van der Waals surface area contributed by atoms with Gasteiger partial charge in [-0.3, -0.25) is 4.79 Å². The van der Waals surface area contributed by atoms with Gasteiger partial charge in [-0.1, -0.05) is 78.9 Å². The molecular formula is C22H14O2. The van der Waals surface area contributed by atoms with Gasteiger partial charge < -0.3 is 5.11 Å². The van der Waals surface area contributed by atoms with Gasteiger partial charge >= 0.3 is 5.97 Å². The Morgan fingerprint density at radius 1 is 0.875 bits per heavy atom. The van der Waals surface area contributed by atoms with Crippen LogP contribution in [-0.4, -0.2) is 11.1 Å². The van der Waals surface area contributed by atoms with Gasteiger partial charge in [-0.05, 0) is 38.2 Å². The fourth-order valence-electron chi connectivity index (χ4n) is 3.98. The molecule has 1 N–H and O–H groups in total. The molecule has 1 unspecified atom stereocenters. The molecular weight excluding hydrogens is 296 g/mol. The van der Waals surface area contributed by atoms with Crippen LogP contribution < -0.4 is 0 Å². The molecule has 0 heterocycles. The summed E-state index contributed by atoms with van der Waals surface area (Å²) in [7, 11) is 0. The van der Waals surface area contributed by atoms with Crippen molar-refractivity contribution < 1.29 is 9.90 Å². The topological polar surface area (TPSA) is 37.3 Å². The smallest absolute Gasteiger partial charge is 0.322 e. The van der Waals surface area contributed by atoms with Crippen LogP contribution in [0.4, 0.5) is 0 Å². The predicted molar refractivity (Wildman–Crippen MR) is 97.7 cm³/mol. The molecule has 2 aliphatic rings. The van der Waals surface area contributed by atoms with Crippen LogP contribution >= 0.6 is 0 Å². The van der Waals surface area contributed by atoms with E-state index in [1.807, 2.05) is 30.4 Å². The van der Waals surface area contributed by atoms with E-state index in [0.29, 0.717) is 0 Å². The van der Waals surface area contributed by atoms with Crippen LogP contribution in [0.3, 0.4) is 0 Å². The van der Waals surface area contributed by atoms with Gasteiger partial charge in [-0.15, -0.1) is 0 Å². The first kappa shape index (κ1) is 13.3. The van der Waals surface area contributed by atoms with Gasteiger partial charge in [-0.25, -0.2) is 0 Å². The van der Waals surface area contributed by atoms with Crippen molar-refractivity contribution in [3.05, 3.63) is 84.0 Å². The summed E-state index contributed by atoms with van der Waals surface area (Å²) in [6.07, 6.45) is 9.29. The normalized spacial score (nSPS) is 20.9. The lowest BCUT2D eigenvalue weighted by Crippen LogP contribution is -2.28. The maximum Gasteiger partial charge on any atom is 0.322 e. The lowest BCUT2D eigenvalue weighted by atomic mass is 9.73. The number of aliphatic carboxylic acids is 1. The Morgan fingerprint density at radius 3 is 2.58 bits per heavy atom. The second-order valence-electron chi connectivity index (χ2n) is 6.36. The minimum Gasteiger partial charge on any atom is -0.480 e. The number of carbonyl (C=O) groups is 1. The second-order valence-corrected chi connectivity index (χ2v) is 6.36. The number of hydrogen-bond acceptors (Lipinski definition) is 1. The molecule has 0 spiro atoms. The van der Waals surface area contributed by atoms with Crippen LogP contribution in [0.15, 0.2) is 72.8 Å².